The van der Waals surface area contributed by atoms with Gasteiger partial charge >= 0.3 is 0 Å². The van der Waals surface area contributed by atoms with Crippen molar-refractivity contribution in [1.29, 1.82) is 5.41 Å². The van der Waals surface area contributed by atoms with Crippen LogP contribution in [0.1, 0.15) is 17.2 Å². The number of nitrogens with two attached hydrogens (primary N) is 1. The van der Waals surface area contributed by atoms with Gasteiger partial charge in [-0.15, -0.1) is 0 Å². The number of aromatic nitrogens is 4. The Kier molecular flexibility index (Phi) is 10.2. The summed E-state index contributed by atoms with van der Waals surface area (Å²) in [6.07, 6.45) is 3.79. The Labute approximate surface area is 259 Å². The molecule has 0 bridgehead atoms. The molecular weight excluding hydrogens is 581 g/mol. The van der Waals surface area contributed by atoms with Crippen LogP contribution < -0.4 is 20.7 Å². The van der Waals surface area contributed by atoms with Gasteiger partial charge in [-0.2, -0.15) is 5.10 Å². The first-order valence-corrected chi connectivity index (χ1v) is 14.2. The zero-order chi connectivity index (χ0) is 31.6. The number of methoxy groups -OCH3 is 1. The van der Waals surface area contributed by atoms with Crippen molar-refractivity contribution in [3.05, 3.63) is 90.2 Å². The topological polar surface area (TPSA) is 172 Å². The van der Waals surface area contributed by atoms with Gasteiger partial charge in [-0.05, 0) is 29.8 Å². The van der Waals surface area contributed by atoms with Crippen LogP contribution in [0.5, 0.6) is 5.75 Å². The van der Waals surface area contributed by atoms with Crippen LogP contribution in [0.25, 0.3) is 11.6 Å². The number of hydrogen-bond acceptors (Lipinski definition) is 11. The van der Waals surface area contributed by atoms with E-state index >= 15 is 0 Å². The van der Waals surface area contributed by atoms with Gasteiger partial charge in [0.15, 0.2) is 5.76 Å². The average molecular weight is 616 g/mol. The summed E-state index contributed by atoms with van der Waals surface area (Å²) in [4.78, 5) is 26.4. The molecule has 1 aliphatic rings. The van der Waals surface area contributed by atoms with Crippen molar-refractivity contribution < 1.29 is 23.1 Å². The quantitative estimate of drug-likeness (QED) is 0.144. The third kappa shape index (κ3) is 7.54. The lowest BCUT2D eigenvalue weighted by molar-refractivity contribution is -0.132. The third-order valence-corrected chi connectivity index (χ3v) is 7.13. The van der Waals surface area contributed by atoms with Gasteiger partial charge < -0.3 is 40.2 Å². The molecule has 0 aliphatic carbocycles. The minimum absolute atomic E-state index is 0.0477. The fourth-order valence-electron chi connectivity index (χ4n) is 4.84. The maximum Gasteiger partial charge on any atom is 0.249 e. The summed E-state index contributed by atoms with van der Waals surface area (Å²) in [6, 6.07) is 16.4. The van der Waals surface area contributed by atoms with Crippen molar-refractivity contribution in [3.8, 4) is 17.3 Å². The van der Waals surface area contributed by atoms with Crippen LogP contribution in [0.4, 0.5) is 21.7 Å². The van der Waals surface area contributed by atoms with Crippen molar-refractivity contribution >= 4 is 29.4 Å². The molecule has 4 aromatic rings. The molecular formula is C31H34FN9O4. The number of halogens is 1. The zero-order valence-corrected chi connectivity index (χ0v) is 24.6. The van der Waals surface area contributed by atoms with E-state index in [1.54, 1.807) is 36.3 Å². The van der Waals surface area contributed by atoms with Gasteiger partial charge in [0.2, 0.25) is 11.7 Å². The second-order valence-electron chi connectivity index (χ2n) is 9.96. The summed E-state index contributed by atoms with van der Waals surface area (Å²) in [5.41, 5.74) is 7.58. The lowest BCUT2D eigenvalue weighted by Gasteiger charge is -2.38. The highest BCUT2D eigenvalue weighted by Gasteiger charge is 2.30. The molecule has 5 N–H and O–H groups in total. The second kappa shape index (κ2) is 14.8. The Morgan fingerprint density at radius 3 is 2.64 bits per heavy atom. The van der Waals surface area contributed by atoms with Gasteiger partial charge in [-0.25, -0.2) is 14.4 Å². The van der Waals surface area contributed by atoms with Crippen LogP contribution in [-0.4, -0.2) is 83.7 Å². The van der Waals surface area contributed by atoms with E-state index in [0.717, 1.165) is 6.21 Å². The minimum Gasteiger partial charge on any atom is -0.491 e. The number of anilines is 3. The molecule has 0 radical (unpaired) electrons. The number of hydrogen-bond donors (Lipinski definition) is 4. The highest BCUT2D eigenvalue weighted by Crippen LogP contribution is 2.28. The molecule has 14 heteroatoms. The Morgan fingerprint density at radius 2 is 1.96 bits per heavy atom. The number of benzene rings is 2. The molecule has 234 valence electrons. The maximum absolute atomic E-state index is 15.0. The molecule has 2 aromatic carbocycles. The first-order chi connectivity index (χ1) is 22.0. The number of ether oxygens (including phenoxy) is 2. The van der Waals surface area contributed by atoms with Gasteiger partial charge in [0.05, 0.1) is 24.1 Å². The number of furan rings is 1. The van der Waals surface area contributed by atoms with E-state index in [1.807, 2.05) is 35.2 Å². The van der Waals surface area contributed by atoms with Crippen LogP contribution >= 0.6 is 0 Å². The lowest BCUT2D eigenvalue weighted by atomic mass is 10.0. The largest absolute Gasteiger partial charge is 0.491 e. The van der Waals surface area contributed by atoms with E-state index in [4.69, 9.17) is 25.0 Å². The number of carbonyl (C=O) groups is 1. The van der Waals surface area contributed by atoms with Gasteiger partial charge in [0.25, 0.3) is 0 Å². The number of nitrogens with zero attached hydrogens (tertiary/aromatic N) is 5. The van der Waals surface area contributed by atoms with Crippen molar-refractivity contribution in [2.75, 3.05) is 62.5 Å². The highest BCUT2D eigenvalue weighted by molar-refractivity contribution is 5.92. The van der Waals surface area contributed by atoms with Crippen LogP contribution in [0, 0.1) is 11.2 Å². The summed E-state index contributed by atoms with van der Waals surface area (Å²) < 4.78 is 30.9. The Balaban J connectivity index is 1.37. The molecule has 2 aromatic heterocycles. The van der Waals surface area contributed by atoms with Crippen molar-refractivity contribution in [2.24, 2.45) is 0 Å². The molecule has 45 heavy (non-hydrogen) atoms. The molecule has 0 spiro atoms. The van der Waals surface area contributed by atoms with E-state index in [2.05, 4.69) is 25.5 Å². The maximum atomic E-state index is 15.0. The number of amides is 1. The molecule has 1 saturated heterocycles. The smallest absolute Gasteiger partial charge is 0.249 e. The van der Waals surface area contributed by atoms with Crippen LogP contribution in [-0.2, 0) is 9.53 Å². The number of aromatic amines is 1. The Bertz CT molecular complexity index is 1640. The summed E-state index contributed by atoms with van der Waals surface area (Å²) in [5, 5.41) is 18.1. The molecule has 3 heterocycles. The number of piperazine rings is 1. The fraction of sp³-hybridized carbons (Fsp3) is 0.258. The van der Waals surface area contributed by atoms with Gasteiger partial charge in [-0.3, -0.25) is 9.89 Å². The van der Waals surface area contributed by atoms with E-state index in [1.165, 1.54) is 18.7 Å². The van der Waals surface area contributed by atoms with Gasteiger partial charge in [-0.1, -0.05) is 30.3 Å². The van der Waals surface area contributed by atoms with Gasteiger partial charge in [0.1, 0.15) is 42.2 Å². The summed E-state index contributed by atoms with van der Waals surface area (Å²) in [5.74, 6) is 0.425. The standard InChI is InChI=1S/C31H34FN9O4/c1-43-16-17-44-22-9-10-25(24(32)18-22)40-11-13-41(14-12-40)31(42)27(21-6-3-2-4-7-21)37-29-23(19-33)28(34)38-30(39-36-20-35-29)26-8-5-15-45-26/h2-10,15,18-20,27,33,37H,11-14,16-17H2,1H3,(H,35,36)(H2,34,38,39). The first kappa shape index (κ1) is 30.9. The second-order valence-corrected chi connectivity index (χ2v) is 9.96. The zero-order valence-electron chi connectivity index (χ0n) is 24.6. The summed E-state index contributed by atoms with van der Waals surface area (Å²) in [7, 11) is 1.57. The minimum atomic E-state index is -0.876. The number of rotatable bonds is 11. The van der Waals surface area contributed by atoms with E-state index in [0.29, 0.717) is 62.2 Å². The third-order valence-electron chi connectivity index (χ3n) is 7.13. The van der Waals surface area contributed by atoms with Gasteiger partial charge in [0, 0.05) is 45.6 Å². The molecule has 5 rings (SSSR count). The fourth-order valence-corrected chi connectivity index (χ4v) is 4.84. The predicted molar refractivity (Wildman–Crippen MR) is 167 cm³/mol. The molecule has 1 amide bonds. The number of carbonyl (C=O) groups excluding carboxylic acids is 1. The summed E-state index contributed by atoms with van der Waals surface area (Å²) >= 11 is 0. The van der Waals surface area contributed by atoms with E-state index in [9.17, 15) is 9.18 Å². The lowest BCUT2D eigenvalue weighted by Crippen LogP contribution is -2.51. The first-order valence-electron chi connectivity index (χ1n) is 14.2. The monoisotopic (exact) mass is 615 g/mol. The van der Waals surface area contributed by atoms with E-state index in [-0.39, 0.29) is 28.9 Å². The van der Waals surface area contributed by atoms with Crippen LogP contribution in [0.2, 0.25) is 0 Å². The van der Waals surface area contributed by atoms with Crippen molar-refractivity contribution in [3.63, 3.8) is 0 Å². The molecule has 1 atom stereocenters. The predicted octanol–water partition coefficient (Wildman–Crippen LogP) is 3.83. The summed E-state index contributed by atoms with van der Waals surface area (Å²) in [6.45, 7) is 2.31. The molecule has 13 nitrogen and oxygen atoms in total. The van der Waals surface area contributed by atoms with E-state index < -0.39 is 11.9 Å². The molecule has 1 unspecified atom stereocenters. The number of nitrogen functional groups attached to an aromatic ring is 1. The molecule has 1 aliphatic heterocycles. The molecule has 0 saturated carbocycles. The Morgan fingerprint density at radius 1 is 1.16 bits per heavy atom. The average Bonchev–Trinajstić information content (AvgIpc) is 3.62. The highest BCUT2D eigenvalue weighted by atomic mass is 19.1. The van der Waals surface area contributed by atoms with Crippen molar-refractivity contribution in [2.45, 2.75) is 6.04 Å². The number of H-pyrrole nitrogens is 1. The SMILES string of the molecule is COCCOc1ccc(N2CCN(C(=O)C(Nc3nc[nH]nc(-c4ccco4)nc(N)c3C=N)c3ccccc3)CC2)c(F)c1. The van der Waals surface area contributed by atoms with Crippen LogP contribution in [0.15, 0.2) is 77.7 Å². The van der Waals surface area contributed by atoms with Crippen LogP contribution in [0.3, 0.4) is 0 Å². The Hall–Kier alpha value is -5.50. The van der Waals surface area contributed by atoms with Crippen molar-refractivity contribution in [1.82, 2.24) is 25.1 Å². The molecule has 1 fully saturated rings. The normalized spacial score (nSPS) is 13.6. The number of nitrogens with one attached hydrogen (secondary N) is 3.